The average Bonchev–Trinajstić information content (AvgIpc) is 2.53. The molecule has 106 valence electrons. The monoisotopic (exact) mass is 272 g/mol. The van der Waals surface area contributed by atoms with Gasteiger partial charge in [-0.05, 0) is 29.7 Å². The minimum absolute atomic E-state index is 0.466. The molecule has 3 heteroatoms. The molecule has 0 unspecified atom stereocenters. The van der Waals surface area contributed by atoms with Crippen LogP contribution in [0.2, 0.25) is 0 Å². The molecular formula is C17H20O3. The van der Waals surface area contributed by atoms with Gasteiger partial charge in [0.25, 0.3) is 0 Å². The van der Waals surface area contributed by atoms with Gasteiger partial charge in [-0.15, -0.1) is 0 Å². The molecule has 0 bridgehead atoms. The number of hydrogen-bond donors (Lipinski definition) is 1. The molecule has 1 atom stereocenters. The third-order valence-electron chi connectivity index (χ3n) is 3.20. The first-order valence-corrected chi connectivity index (χ1v) is 6.77. The molecule has 0 fully saturated rings. The van der Waals surface area contributed by atoms with E-state index in [1.165, 1.54) is 0 Å². The van der Waals surface area contributed by atoms with E-state index in [1.54, 1.807) is 7.11 Å². The van der Waals surface area contributed by atoms with E-state index in [9.17, 15) is 5.11 Å². The Kier molecular flexibility index (Phi) is 5.02. The van der Waals surface area contributed by atoms with Crippen molar-refractivity contribution in [1.82, 2.24) is 0 Å². The number of rotatable bonds is 6. The lowest BCUT2D eigenvalue weighted by atomic mass is 10.1. The third kappa shape index (κ3) is 3.52. The molecule has 0 amide bonds. The van der Waals surface area contributed by atoms with Gasteiger partial charge in [-0.3, -0.25) is 0 Å². The Hall–Kier alpha value is -2.00. The van der Waals surface area contributed by atoms with E-state index in [0.29, 0.717) is 24.5 Å². The van der Waals surface area contributed by atoms with Gasteiger partial charge in [-0.25, -0.2) is 0 Å². The Morgan fingerprint density at radius 2 is 1.80 bits per heavy atom. The van der Waals surface area contributed by atoms with E-state index in [-0.39, 0.29) is 0 Å². The van der Waals surface area contributed by atoms with Gasteiger partial charge >= 0.3 is 0 Å². The number of aliphatic hydroxyl groups excluding tert-OH is 1. The van der Waals surface area contributed by atoms with Crippen LogP contribution in [-0.2, 0) is 6.61 Å². The van der Waals surface area contributed by atoms with Gasteiger partial charge in [-0.2, -0.15) is 0 Å². The Labute approximate surface area is 119 Å². The summed E-state index contributed by atoms with van der Waals surface area (Å²) >= 11 is 0. The van der Waals surface area contributed by atoms with Crippen LogP contribution in [0.1, 0.15) is 30.6 Å². The van der Waals surface area contributed by atoms with E-state index >= 15 is 0 Å². The number of hydrogen-bond acceptors (Lipinski definition) is 3. The van der Waals surface area contributed by atoms with Crippen molar-refractivity contribution in [2.75, 3.05) is 7.11 Å². The summed E-state index contributed by atoms with van der Waals surface area (Å²) in [5.41, 5.74) is 1.95. The van der Waals surface area contributed by atoms with Gasteiger partial charge < -0.3 is 14.6 Å². The Bertz CT molecular complexity index is 537. The summed E-state index contributed by atoms with van der Waals surface area (Å²) < 4.78 is 11.1. The van der Waals surface area contributed by atoms with E-state index < -0.39 is 6.10 Å². The Morgan fingerprint density at radius 3 is 2.45 bits per heavy atom. The van der Waals surface area contributed by atoms with Crippen molar-refractivity contribution in [2.45, 2.75) is 26.1 Å². The number of aliphatic hydroxyl groups is 1. The molecule has 0 heterocycles. The summed E-state index contributed by atoms with van der Waals surface area (Å²) in [7, 11) is 1.60. The topological polar surface area (TPSA) is 38.7 Å². The van der Waals surface area contributed by atoms with Crippen LogP contribution >= 0.6 is 0 Å². The molecule has 1 N–H and O–H groups in total. The van der Waals surface area contributed by atoms with Crippen LogP contribution in [0.5, 0.6) is 11.5 Å². The van der Waals surface area contributed by atoms with Crippen LogP contribution in [0.15, 0.2) is 48.5 Å². The van der Waals surface area contributed by atoms with Crippen molar-refractivity contribution >= 4 is 0 Å². The summed E-state index contributed by atoms with van der Waals surface area (Å²) in [6.07, 6.45) is 0.208. The van der Waals surface area contributed by atoms with Crippen molar-refractivity contribution in [3.8, 4) is 11.5 Å². The van der Waals surface area contributed by atoms with Crippen molar-refractivity contribution in [2.24, 2.45) is 0 Å². The maximum absolute atomic E-state index is 9.85. The van der Waals surface area contributed by atoms with E-state index in [0.717, 1.165) is 11.1 Å². The molecule has 20 heavy (non-hydrogen) atoms. The van der Waals surface area contributed by atoms with Gasteiger partial charge in [0.2, 0.25) is 0 Å². The van der Waals surface area contributed by atoms with Crippen molar-refractivity contribution in [3.63, 3.8) is 0 Å². The highest BCUT2D eigenvalue weighted by Crippen LogP contribution is 2.31. The van der Waals surface area contributed by atoms with Crippen LogP contribution in [0.25, 0.3) is 0 Å². The fraction of sp³-hybridized carbons (Fsp3) is 0.294. The largest absolute Gasteiger partial charge is 0.493 e. The second-order valence-electron chi connectivity index (χ2n) is 4.61. The third-order valence-corrected chi connectivity index (χ3v) is 3.20. The molecule has 0 aliphatic carbocycles. The molecule has 3 nitrogen and oxygen atoms in total. The van der Waals surface area contributed by atoms with Crippen LogP contribution in [-0.4, -0.2) is 12.2 Å². The Balaban J connectivity index is 2.11. The predicted molar refractivity (Wildman–Crippen MR) is 79.0 cm³/mol. The van der Waals surface area contributed by atoms with Gasteiger partial charge in [0, 0.05) is 0 Å². The average molecular weight is 272 g/mol. The molecule has 0 saturated carbocycles. The minimum Gasteiger partial charge on any atom is -0.493 e. The summed E-state index contributed by atoms with van der Waals surface area (Å²) in [5.74, 6) is 1.33. The van der Waals surface area contributed by atoms with Gasteiger partial charge in [-0.1, -0.05) is 43.3 Å². The zero-order chi connectivity index (χ0) is 14.4. The number of benzene rings is 2. The zero-order valence-electron chi connectivity index (χ0n) is 11.9. The molecule has 0 saturated heterocycles. The summed E-state index contributed by atoms with van der Waals surface area (Å²) in [4.78, 5) is 0. The molecule has 2 aromatic rings. The van der Waals surface area contributed by atoms with Gasteiger partial charge in [0.05, 0.1) is 13.2 Å². The number of methoxy groups -OCH3 is 1. The lowest BCUT2D eigenvalue weighted by Crippen LogP contribution is -2.00. The molecule has 2 rings (SSSR count). The van der Waals surface area contributed by atoms with Crippen molar-refractivity contribution in [1.29, 1.82) is 0 Å². The smallest absolute Gasteiger partial charge is 0.161 e. The van der Waals surface area contributed by atoms with Crippen molar-refractivity contribution in [3.05, 3.63) is 59.7 Å². The molecule has 0 aromatic heterocycles. The quantitative estimate of drug-likeness (QED) is 0.871. The number of ether oxygens (including phenoxy) is 2. The highest BCUT2D eigenvalue weighted by Gasteiger charge is 2.10. The maximum Gasteiger partial charge on any atom is 0.161 e. The summed E-state index contributed by atoms with van der Waals surface area (Å²) in [6, 6.07) is 15.5. The Morgan fingerprint density at radius 1 is 1.05 bits per heavy atom. The molecule has 0 spiro atoms. The molecule has 0 aliphatic rings. The van der Waals surface area contributed by atoms with Crippen LogP contribution in [0, 0.1) is 0 Å². The molecular weight excluding hydrogens is 252 g/mol. The predicted octanol–water partition coefficient (Wildman–Crippen LogP) is 3.72. The SMILES string of the molecule is CC[C@@H](O)c1ccc(OCc2ccccc2)c(OC)c1. The van der Waals surface area contributed by atoms with E-state index in [1.807, 2.05) is 55.5 Å². The first kappa shape index (κ1) is 14.4. The highest BCUT2D eigenvalue weighted by molar-refractivity contribution is 5.43. The minimum atomic E-state index is -0.466. The second kappa shape index (κ2) is 6.96. The fourth-order valence-corrected chi connectivity index (χ4v) is 1.98. The first-order chi connectivity index (χ1) is 9.74. The van der Waals surface area contributed by atoms with Crippen LogP contribution < -0.4 is 9.47 Å². The standard InChI is InChI=1S/C17H20O3/c1-3-15(18)14-9-10-16(17(11-14)19-2)20-12-13-7-5-4-6-8-13/h4-11,15,18H,3,12H2,1-2H3/t15-/m1/s1. The lowest BCUT2D eigenvalue weighted by molar-refractivity contribution is 0.173. The molecule has 0 radical (unpaired) electrons. The van der Waals surface area contributed by atoms with E-state index in [4.69, 9.17) is 9.47 Å². The van der Waals surface area contributed by atoms with Crippen LogP contribution in [0.4, 0.5) is 0 Å². The molecule has 2 aromatic carbocycles. The van der Waals surface area contributed by atoms with E-state index in [2.05, 4.69) is 0 Å². The van der Waals surface area contributed by atoms with Crippen LogP contribution in [0.3, 0.4) is 0 Å². The fourth-order valence-electron chi connectivity index (χ4n) is 1.98. The first-order valence-electron chi connectivity index (χ1n) is 6.77. The summed E-state index contributed by atoms with van der Waals surface area (Å²) in [5, 5.41) is 9.85. The lowest BCUT2D eigenvalue weighted by Gasteiger charge is -2.14. The van der Waals surface area contributed by atoms with Gasteiger partial charge in [0.1, 0.15) is 6.61 Å². The normalized spacial score (nSPS) is 11.9. The van der Waals surface area contributed by atoms with Crippen molar-refractivity contribution < 1.29 is 14.6 Å². The zero-order valence-corrected chi connectivity index (χ0v) is 11.9. The second-order valence-corrected chi connectivity index (χ2v) is 4.61. The highest BCUT2D eigenvalue weighted by atomic mass is 16.5. The van der Waals surface area contributed by atoms with Gasteiger partial charge in [0.15, 0.2) is 11.5 Å². The summed E-state index contributed by atoms with van der Waals surface area (Å²) in [6.45, 7) is 2.43. The molecule has 0 aliphatic heterocycles. The maximum atomic E-state index is 9.85.